The summed E-state index contributed by atoms with van der Waals surface area (Å²) in [7, 11) is 0. The second-order valence-electron chi connectivity index (χ2n) is 14.3. The van der Waals surface area contributed by atoms with E-state index in [1.807, 2.05) is 24.3 Å². The molecule has 0 saturated heterocycles. The van der Waals surface area contributed by atoms with Crippen LogP contribution >= 0.6 is 46.4 Å². The first kappa shape index (κ1) is 48.7. The maximum atomic E-state index is 13.5. The monoisotopic (exact) mass is 942 g/mol. The number of Topliss-reactive ketones (excluding diaryl/α,β-unsaturated/α-hetero) is 2. The van der Waals surface area contributed by atoms with Crippen molar-refractivity contribution in [3.8, 4) is 0 Å². The van der Waals surface area contributed by atoms with Gasteiger partial charge in [0.05, 0.1) is 21.2 Å². The van der Waals surface area contributed by atoms with Gasteiger partial charge in [-0.25, -0.2) is 0 Å². The van der Waals surface area contributed by atoms with Crippen LogP contribution in [0.5, 0.6) is 0 Å². The molecule has 0 radical (unpaired) electrons. The summed E-state index contributed by atoms with van der Waals surface area (Å²) in [4.78, 5) is 78.6. The van der Waals surface area contributed by atoms with Crippen molar-refractivity contribution in [3.63, 3.8) is 0 Å². The summed E-state index contributed by atoms with van der Waals surface area (Å²) >= 11 is 25.0. The fraction of sp³-hybridized carbons (Fsp3) is 0.217. The number of hydrogen-bond donors (Lipinski definition) is 4. The van der Waals surface area contributed by atoms with E-state index in [1.165, 1.54) is 38.1 Å². The zero-order chi connectivity index (χ0) is 46.5. The van der Waals surface area contributed by atoms with E-state index in [1.54, 1.807) is 62.4 Å². The molecule has 18 heteroatoms. The first-order chi connectivity index (χ1) is 30.6. The Kier molecular flexibility index (Phi) is 17.4. The van der Waals surface area contributed by atoms with Gasteiger partial charge in [-0.3, -0.25) is 28.8 Å². The quantitative estimate of drug-likeness (QED) is 0.0382. The molecule has 0 saturated carbocycles. The molecule has 14 nitrogen and oxygen atoms in total. The number of ketones is 2. The highest BCUT2D eigenvalue weighted by Gasteiger charge is 2.27. The maximum Gasteiger partial charge on any atom is 0.258 e. The molecule has 0 aliphatic rings. The van der Waals surface area contributed by atoms with Crippen LogP contribution in [0, 0.1) is 13.8 Å². The van der Waals surface area contributed by atoms with Crippen LogP contribution in [-0.2, 0) is 32.0 Å². The third-order valence-corrected chi connectivity index (χ3v) is 10.8. The largest absolute Gasteiger partial charge is 0.324 e. The molecular formula is C46H42Cl4N8O6. The van der Waals surface area contributed by atoms with Crippen LogP contribution in [0.15, 0.2) is 118 Å². The second-order valence-corrected chi connectivity index (χ2v) is 15.8. The molecule has 5 aromatic carbocycles. The molecule has 330 valence electrons. The molecule has 0 spiro atoms. The van der Waals surface area contributed by atoms with Crippen molar-refractivity contribution in [1.29, 1.82) is 0 Å². The SMILES string of the molecule is CC(=O)C(N=Nc1cccc(C(=O)Nc2ccccc2CCCl)c1Cl)C(=O)Nc1cc(C)c(NC(=O)C(N=Nc2cccc(C(=O)Nc3ccccc3CCCl)c2Cl)C(C)=O)c(C)c1. The maximum absolute atomic E-state index is 13.5. The summed E-state index contributed by atoms with van der Waals surface area (Å²) in [6, 6.07) is 23.4. The van der Waals surface area contributed by atoms with E-state index in [2.05, 4.69) is 41.7 Å². The molecule has 2 unspecified atom stereocenters. The summed E-state index contributed by atoms with van der Waals surface area (Å²) in [5.41, 5.74) is 4.71. The van der Waals surface area contributed by atoms with Crippen LogP contribution in [0.3, 0.4) is 0 Å². The highest BCUT2D eigenvalue weighted by atomic mass is 35.5. The number of nitrogens with zero attached hydrogens (tertiary/aromatic N) is 4. The van der Waals surface area contributed by atoms with Crippen LogP contribution in [0.2, 0.25) is 10.0 Å². The molecule has 0 aliphatic carbocycles. The standard InChI is InChI=1S/C46H42Cl4N8O6/c1-25-23-31(51-45(63)41(27(3)59)57-55-36-17-9-13-32(38(36)49)43(61)52-34-15-7-5-11-29(34)19-21-47)24-26(2)40(25)54-46(64)42(28(4)60)58-56-37-18-10-14-33(39(37)50)44(62)53-35-16-8-6-12-30(35)20-22-48/h5-18,23-24,41-42H,19-22H2,1-4H3,(H,51,63)(H,52,61)(H,53,62)(H,54,64). The second kappa shape index (κ2) is 22.9. The number of azo groups is 2. The van der Waals surface area contributed by atoms with Crippen LogP contribution < -0.4 is 21.3 Å². The van der Waals surface area contributed by atoms with Crippen molar-refractivity contribution in [3.05, 3.63) is 140 Å². The van der Waals surface area contributed by atoms with Crippen molar-refractivity contribution in [2.45, 2.75) is 52.6 Å². The van der Waals surface area contributed by atoms with Crippen LogP contribution in [0.25, 0.3) is 0 Å². The first-order valence-electron chi connectivity index (χ1n) is 19.7. The van der Waals surface area contributed by atoms with Gasteiger partial charge < -0.3 is 21.3 Å². The van der Waals surface area contributed by atoms with Gasteiger partial charge in [-0.05, 0) is 111 Å². The normalized spacial score (nSPS) is 12.1. The molecular weight excluding hydrogens is 902 g/mol. The number of hydrogen-bond acceptors (Lipinski definition) is 10. The predicted octanol–water partition coefficient (Wildman–Crippen LogP) is 11.0. The first-order valence-corrected chi connectivity index (χ1v) is 21.5. The lowest BCUT2D eigenvalue weighted by atomic mass is 10.1. The van der Waals surface area contributed by atoms with E-state index < -0.39 is 47.3 Å². The highest BCUT2D eigenvalue weighted by Crippen LogP contribution is 2.32. The molecule has 0 heterocycles. The lowest BCUT2D eigenvalue weighted by Crippen LogP contribution is -2.33. The number of carbonyl (C=O) groups is 6. The number of alkyl halides is 2. The Labute approximate surface area is 389 Å². The lowest BCUT2D eigenvalue weighted by Gasteiger charge is -2.17. The van der Waals surface area contributed by atoms with E-state index in [4.69, 9.17) is 46.4 Å². The van der Waals surface area contributed by atoms with E-state index in [9.17, 15) is 28.8 Å². The van der Waals surface area contributed by atoms with Crippen molar-refractivity contribution in [2.24, 2.45) is 20.5 Å². The Morgan fingerprint density at radius 2 is 0.953 bits per heavy atom. The Hall–Kier alpha value is -6.32. The minimum Gasteiger partial charge on any atom is -0.324 e. The van der Waals surface area contributed by atoms with Crippen molar-refractivity contribution < 1.29 is 28.8 Å². The lowest BCUT2D eigenvalue weighted by molar-refractivity contribution is -0.127. The van der Waals surface area contributed by atoms with Gasteiger partial charge in [0.1, 0.15) is 11.4 Å². The summed E-state index contributed by atoms with van der Waals surface area (Å²) < 4.78 is 0. The number of benzene rings is 5. The third kappa shape index (κ3) is 12.4. The van der Waals surface area contributed by atoms with Gasteiger partial charge in [0, 0.05) is 34.5 Å². The molecule has 5 aromatic rings. The Balaban J connectivity index is 1.27. The number of carbonyl (C=O) groups excluding carboxylic acids is 6. The number of halogens is 4. The van der Waals surface area contributed by atoms with Gasteiger partial charge in [0.2, 0.25) is 12.1 Å². The van der Waals surface area contributed by atoms with E-state index in [0.29, 0.717) is 52.8 Å². The number of para-hydroxylation sites is 2. The van der Waals surface area contributed by atoms with Gasteiger partial charge in [0.15, 0.2) is 11.6 Å². The highest BCUT2D eigenvalue weighted by molar-refractivity contribution is 6.37. The Morgan fingerprint density at radius 3 is 1.36 bits per heavy atom. The fourth-order valence-electron chi connectivity index (χ4n) is 6.36. The van der Waals surface area contributed by atoms with Gasteiger partial charge in [-0.1, -0.05) is 71.7 Å². The molecule has 0 fully saturated rings. The van der Waals surface area contributed by atoms with Gasteiger partial charge in [0.25, 0.3) is 23.6 Å². The number of rotatable bonds is 18. The van der Waals surface area contributed by atoms with Crippen molar-refractivity contribution in [2.75, 3.05) is 33.0 Å². The predicted molar refractivity (Wildman–Crippen MR) is 252 cm³/mol. The molecule has 0 aromatic heterocycles. The molecule has 5 rings (SSSR count). The molecule has 4 N–H and O–H groups in total. The number of nitrogens with one attached hydrogen (secondary N) is 4. The van der Waals surface area contributed by atoms with E-state index in [-0.39, 0.29) is 38.2 Å². The van der Waals surface area contributed by atoms with Gasteiger partial charge in [-0.2, -0.15) is 20.5 Å². The molecule has 2 atom stereocenters. The smallest absolute Gasteiger partial charge is 0.258 e. The van der Waals surface area contributed by atoms with Gasteiger partial charge in [-0.15, -0.1) is 23.2 Å². The zero-order valence-corrected chi connectivity index (χ0v) is 38.0. The summed E-state index contributed by atoms with van der Waals surface area (Å²) in [5, 5.41) is 27.1. The van der Waals surface area contributed by atoms with E-state index >= 15 is 0 Å². The van der Waals surface area contributed by atoms with Crippen molar-refractivity contribution in [1.82, 2.24) is 0 Å². The number of anilines is 4. The Bertz CT molecular complexity index is 2650. The number of aryl methyl sites for hydroxylation is 4. The number of amides is 4. The summed E-state index contributed by atoms with van der Waals surface area (Å²) in [5.74, 6) is -3.13. The average molecular weight is 945 g/mol. The van der Waals surface area contributed by atoms with Crippen LogP contribution in [0.4, 0.5) is 34.1 Å². The third-order valence-electron chi connectivity index (χ3n) is 9.58. The average Bonchev–Trinajstić information content (AvgIpc) is 3.24. The summed E-state index contributed by atoms with van der Waals surface area (Å²) in [6.45, 7) is 5.69. The zero-order valence-electron chi connectivity index (χ0n) is 35.0. The molecule has 64 heavy (non-hydrogen) atoms. The minimum absolute atomic E-state index is 0.0435. The van der Waals surface area contributed by atoms with Crippen LogP contribution in [0.1, 0.15) is 56.8 Å². The van der Waals surface area contributed by atoms with Gasteiger partial charge >= 0.3 is 0 Å². The molecule has 0 aliphatic heterocycles. The molecule has 0 bridgehead atoms. The molecule has 4 amide bonds. The topological polar surface area (TPSA) is 200 Å². The minimum atomic E-state index is -1.59. The Morgan fingerprint density at radius 1 is 0.547 bits per heavy atom. The van der Waals surface area contributed by atoms with Crippen LogP contribution in [-0.4, -0.2) is 59.0 Å². The summed E-state index contributed by atoms with van der Waals surface area (Å²) in [6.07, 6.45) is 1.07. The van der Waals surface area contributed by atoms with Crippen molar-refractivity contribution >= 4 is 116 Å². The van der Waals surface area contributed by atoms with E-state index in [0.717, 1.165) is 11.1 Å². The fourth-order valence-corrected chi connectivity index (χ4v) is 7.27.